The van der Waals surface area contributed by atoms with E-state index >= 15 is 0 Å². The molecule has 146 valence electrons. The van der Waals surface area contributed by atoms with E-state index in [0.717, 1.165) is 44.7 Å². The lowest BCUT2D eigenvalue weighted by molar-refractivity contribution is -0.169. The first-order valence-corrected chi connectivity index (χ1v) is 9.49. The number of nitrogens with zero attached hydrogens (tertiary/aromatic N) is 2. The van der Waals surface area contributed by atoms with Gasteiger partial charge < -0.3 is 19.5 Å². The van der Waals surface area contributed by atoms with E-state index in [0.29, 0.717) is 13.2 Å². The second-order valence-electron chi connectivity index (χ2n) is 8.88. The van der Waals surface area contributed by atoms with Crippen LogP contribution in [0.15, 0.2) is 0 Å². The van der Waals surface area contributed by atoms with E-state index in [4.69, 9.17) is 9.47 Å². The molecule has 0 aromatic rings. The number of aliphatic hydroxyl groups is 1. The number of ether oxygens (including phenoxy) is 2. The van der Waals surface area contributed by atoms with Crippen molar-refractivity contribution in [2.45, 2.75) is 63.8 Å². The van der Waals surface area contributed by atoms with Crippen LogP contribution in [0.5, 0.6) is 0 Å². The summed E-state index contributed by atoms with van der Waals surface area (Å²) in [6.45, 7) is 9.12. The van der Waals surface area contributed by atoms with Crippen LogP contribution in [0.3, 0.4) is 0 Å². The van der Waals surface area contributed by atoms with Crippen molar-refractivity contribution < 1.29 is 19.4 Å². The van der Waals surface area contributed by atoms with Crippen molar-refractivity contribution in [3.63, 3.8) is 0 Å². The molecule has 0 aromatic carbocycles. The molecule has 1 atom stereocenters. The number of carbonyl (C=O) groups is 1. The smallest absolute Gasteiger partial charge is 0.248 e. The zero-order chi connectivity index (χ0) is 18.7. The van der Waals surface area contributed by atoms with Gasteiger partial charge in [-0.05, 0) is 45.4 Å². The predicted octanol–water partition coefficient (Wildman–Crippen LogP) is 1.51. The standard InChI is InChI=1S/C19H36N2O4/c1-15-6-8-19(23,9-7-15)14-21-10-16(25-18(2,3)13-21)11-24-12-17(22)20(4)5/h15-16,23H,6-14H2,1-5H3/t15?,16-,19?/m1/s1. The van der Waals surface area contributed by atoms with Crippen molar-refractivity contribution in [3.8, 4) is 0 Å². The third-order valence-electron chi connectivity index (χ3n) is 5.30. The molecule has 25 heavy (non-hydrogen) atoms. The molecule has 6 heteroatoms. The highest BCUT2D eigenvalue weighted by atomic mass is 16.6. The van der Waals surface area contributed by atoms with E-state index < -0.39 is 5.60 Å². The molecule has 2 fully saturated rings. The summed E-state index contributed by atoms with van der Waals surface area (Å²) in [6.07, 6.45) is 3.88. The molecule has 0 aromatic heterocycles. The highest BCUT2D eigenvalue weighted by molar-refractivity contribution is 5.76. The molecule has 1 aliphatic heterocycles. The topological polar surface area (TPSA) is 62.2 Å². The summed E-state index contributed by atoms with van der Waals surface area (Å²) in [5, 5.41) is 10.9. The third kappa shape index (κ3) is 6.51. The monoisotopic (exact) mass is 356 g/mol. The molecular formula is C19H36N2O4. The molecule has 1 aliphatic carbocycles. The fraction of sp³-hybridized carbons (Fsp3) is 0.947. The van der Waals surface area contributed by atoms with Crippen LogP contribution in [0.25, 0.3) is 0 Å². The average Bonchev–Trinajstić information content (AvgIpc) is 2.48. The minimum Gasteiger partial charge on any atom is -0.389 e. The SMILES string of the molecule is CC1CCC(O)(CN2C[C@H](COCC(=O)N(C)C)OC(C)(C)C2)CC1. The highest BCUT2D eigenvalue weighted by Crippen LogP contribution is 2.33. The zero-order valence-corrected chi connectivity index (χ0v) is 16.6. The molecular weight excluding hydrogens is 320 g/mol. The Morgan fingerprint density at radius 1 is 1.32 bits per heavy atom. The van der Waals surface area contributed by atoms with Crippen molar-refractivity contribution in [3.05, 3.63) is 0 Å². The fourth-order valence-electron chi connectivity index (χ4n) is 3.90. The molecule has 0 bridgehead atoms. The predicted molar refractivity (Wildman–Crippen MR) is 97.5 cm³/mol. The first-order valence-electron chi connectivity index (χ1n) is 9.49. The Hall–Kier alpha value is -0.690. The Morgan fingerprint density at radius 3 is 2.56 bits per heavy atom. The minimum absolute atomic E-state index is 0.0439. The molecule has 1 saturated carbocycles. The van der Waals surface area contributed by atoms with E-state index in [9.17, 15) is 9.90 Å². The quantitative estimate of drug-likeness (QED) is 0.782. The molecule has 6 nitrogen and oxygen atoms in total. The van der Waals surface area contributed by atoms with Gasteiger partial charge in [-0.1, -0.05) is 6.92 Å². The van der Waals surface area contributed by atoms with Crippen molar-refractivity contribution >= 4 is 5.91 Å². The van der Waals surface area contributed by atoms with Gasteiger partial charge in [0.1, 0.15) is 6.61 Å². The van der Waals surface area contributed by atoms with Crippen LogP contribution in [0, 0.1) is 5.92 Å². The van der Waals surface area contributed by atoms with E-state index in [1.54, 1.807) is 14.1 Å². The molecule has 2 aliphatic rings. The molecule has 1 N–H and O–H groups in total. The van der Waals surface area contributed by atoms with Gasteiger partial charge in [-0.2, -0.15) is 0 Å². The lowest BCUT2D eigenvalue weighted by Crippen LogP contribution is -2.58. The zero-order valence-electron chi connectivity index (χ0n) is 16.6. The van der Waals surface area contributed by atoms with Gasteiger partial charge in [0.2, 0.25) is 5.91 Å². The normalized spacial score (nSPS) is 33.2. The van der Waals surface area contributed by atoms with Crippen LogP contribution < -0.4 is 0 Å². The Bertz CT molecular complexity index is 445. The summed E-state index contributed by atoms with van der Waals surface area (Å²) in [6, 6.07) is 0. The number of likely N-dealkylation sites (N-methyl/N-ethyl adjacent to an activating group) is 1. The first kappa shape index (κ1) is 20.6. The molecule has 0 unspecified atom stereocenters. The number of hydrogen-bond donors (Lipinski definition) is 1. The van der Waals surface area contributed by atoms with Crippen LogP contribution in [-0.2, 0) is 14.3 Å². The Morgan fingerprint density at radius 2 is 1.96 bits per heavy atom. The maximum atomic E-state index is 11.6. The van der Waals surface area contributed by atoms with Crippen molar-refractivity contribution in [1.29, 1.82) is 0 Å². The Kier molecular flexibility index (Phi) is 6.87. The molecule has 2 rings (SSSR count). The number of carbonyl (C=O) groups excluding carboxylic acids is 1. The van der Waals surface area contributed by atoms with E-state index in [2.05, 4.69) is 25.7 Å². The summed E-state index contributed by atoms with van der Waals surface area (Å²) < 4.78 is 11.7. The number of amides is 1. The van der Waals surface area contributed by atoms with E-state index in [1.165, 1.54) is 4.90 Å². The summed E-state index contributed by atoms with van der Waals surface area (Å²) in [7, 11) is 3.44. The average molecular weight is 357 g/mol. The summed E-state index contributed by atoms with van der Waals surface area (Å²) >= 11 is 0. The molecule has 0 spiro atoms. The highest BCUT2D eigenvalue weighted by Gasteiger charge is 2.39. The maximum absolute atomic E-state index is 11.6. The third-order valence-corrected chi connectivity index (χ3v) is 5.30. The Balaban J connectivity index is 1.86. The van der Waals surface area contributed by atoms with Gasteiger partial charge in [-0.25, -0.2) is 0 Å². The lowest BCUT2D eigenvalue weighted by atomic mass is 9.79. The number of β-amino-alcohol motifs (C(OH)–C–C–N with tert-alkyl or cyclic N) is 1. The van der Waals surface area contributed by atoms with E-state index in [-0.39, 0.29) is 24.2 Å². The summed E-state index contributed by atoms with van der Waals surface area (Å²) in [5.74, 6) is 0.675. The summed E-state index contributed by atoms with van der Waals surface area (Å²) in [5.41, 5.74) is -0.859. The van der Waals surface area contributed by atoms with Gasteiger partial charge in [0, 0.05) is 33.7 Å². The van der Waals surface area contributed by atoms with Crippen molar-refractivity contribution in [2.24, 2.45) is 5.92 Å². The first-order chi connectivity index (χ1) is 11.6. The molecule has 1 amide bonds. The second kappa shape index (κ2) is 8.33. The van der Waals surface area contributed by atoms with Gasteiger partial charge in [0.15, 0.2) is 0 Å². The van der Waals surface area contributed by atoms with Gasteiger partial charge >= 0.3 is 0 Å². The van der Waals surface area contributed by atoms with Gasteiger partial charge in [0.25, 0.3) is 0 Å². The van der Waals surface area contributed by atoms with Gasteiger partial charge in [-0.15, -0.1) is 0 Å². The molecule has 1 saturated heterocycles. The largest absolute Gasteiger partial charge is 0.389 e. The van der Waals surface area contributed by atoms with Gasteiger partial charge in [0.05, 0.1) is 23.9 Å². The number of rotatable bonds is 6. The molecule has 0 radical (unpaired) electrons. The van der Waals surface area contributed by atoms with Crippen LogP contribution >= 0.6 is 0 Å². The van der Waals surface area contributed by atoms with E-state index in [1.807, 2.05) is 0 Å². The number of hydrogen-bond acceptors (Lipinski definition) is 5. The van der Waals surface area contributed by atoms with Crippen LogP contribution in [-0.4, -0.2) is 85.1 Å². The second-order valence-corrected chi connectivity index (χ2v) is 8.88. The van der Waals surface area contributed by atoms with Crippen LogP contribution in [0.2, 0.25) is 0 Å². The van der Waals surface area contributed by atoms with Crippen molar-refractivity contribution in [1.82, 2.24) is 9.80 Å². The minimum atomic E-state index is -0.577. The van der Waals surface area contributed by atoms with Gasteiger partial charge in [-0.3, -0.25) is 9.69 Å². The van der Waals surface area contributed by atoms with Crippen molar-refractivity contribution in [2.75, 3.05) is 46.9 Å². The molecule has 1 heterocycles. The lowest BCUT2D eigenvalue weighted by Gasteiger charge is -2.46. The van der Waals surface area contributed by atoms with Crippen LogP contribution in [0.4, 0.5) is 0 Å². The number of morpholine rings is 1. The summed E-state index contributed by atoms with van der Waals surface area (Å²) in [4.78, 5) is 15.5. The Labute approximate surface area is 152 Å². The van der Waals surface area contributed by atoms with Crippen LogP contribution in [0.1, 0.15) is 46.5 Å². The fourth-order valence-corrected chi connectivity index (χ4v) is 3.90. The maximum Gasteiger partial charge on any atom is 0.248 e.